The largest absolute Gasteiger partial charge is 0.389 e. The molecule has 1 heterocycles. The van der Waals surface area contributed by atoms with Crippen LogP contribution >= 0.6 is 11.3 Å². The first-order valence-corrected chi connectivity index (χ1v) is 7.10. The zero-order valence-corrected chi connectivity index (χ0v) is 12.4. The number of amides is 1. The number of hydrogen-bond donors (Lipinski definition) is 2. The molecule has 108 valence electrons. The van der Waals surface area contributed by atoms with Crippen molar-refractivity contribution in [1.82, 2.24) is 10.2 Å². The van der Waals surface area contributed by atoms with Gasteiger partial charge in [-0.15, -0.1) is 11.3 Å². The Bertz CT molecular complexity index is 370. The molecule has 0 aliphatic heterocycles. The number of rotatable bonds is 8. The Morgan fingerprint density at radius 2 is 2.37 bits per heavy atom. The van der Waals surface area contributed by atoms with Gasteiger partial charge in [0.05, 0.1) is 25.3 Å². The molecule has 0 radical (unpaired) electrons. The second kappa shape index (κ2) is 8.27. The van der Waals surface area contributed by atoms with Crippen LogP contribution in [0.1, 0.15) is 11.8 Å². The molecule has 0 fully saturated rings. The second-order valence-corrected chi connectivity index (χ2v) is 5.55. The molecule has 2 N–H and O–H groups in total. The molecule has 1 rings (SSSR count). The van der Waals surface area contributed by atoms with Gasteiger partial charge in [0.15, 0.2) is 0 Å². The lowest BCUT2D eigenvalue weighted by Gasteiger charge is -2.25. The van der Waals surface area contributed by atoms with Crippen LogP contribution in [0.15, 0.2) is 17.5 Å². The predicted octanol–water partition coefficient (Wildman–Crippen LogP) is 0.692. The molecule has 19 heavy (non-hydrogen) atoms. The number of carbonyl (C=O) groups is 1. The van der Waals surface area contributed by atoms with E-state index in [2.05, 4.69) is 5.32 Å². The van der Waals surface area contributed by atoms with Gasteiger partial charge in [-0.3, -0.25) is 9.69 Å². The zero-order valence-electron chi connectivity index (χ0n) is 11.6. The topological polar surface area (TPSA) is 61.8 Å². The highest BCUT2D eigenvalue weighted by Gasteiger charge is 2.20. The van der Waals surface area contributed by atoms with Crippen molar-refractivity contribution in [2.75, 3.05) is 27.3 Å². The molecule has 0 aliphatic carbocycles. The minimum absolute atomic E-state index is 0.0412. The van der Waals surface area contributed by atoms with E-state index in [1.807, 2.05) is 36.4 Å². The molecule has 6 heteroatoms. The van der Waals surface area contributed by atoms with Crippen LogP contribution in [0.3, 0.4) is 0 Å². The Kier molecular flexibility index (Phi) is 7.01. The van der Waals surface area contributed by atoms with Crippen molar-refractivity contribution in [2.45, 2.75) is 25.6 Å². The summed E-state index contributed by atoms with van der Waals surface area (Å²) in [6.45, 7) is 3.05. The van der Waals surface area contributed by atoms with E-state index in [0.29, 0.717) is 13.1 Å². The smallest absolute Gasteiger partial charge is 0.237 e. The van der Waals surface area contributed by atoms with Crippen LogP contribution in [0.4, 0.5) is 0 Å². The maximum atomic E-state index is 12.0. The van der Waals surface area contributed by atoms with Crippen molar-refractivity contribution in [3.63, 3.8) is 0 Å². The number of nitrogens with zero attached hydrogens (tertiary/aromatic N) is 1. The maximum absolute atomic E-state index is 12.0. The van der Waals surface area contributed by atoms with E-state index >= 15 is 0 Å². The summed E-state index contributed by atoms with van der Waals surface area (Å²) in [5, 5.41) is 14.5. The fraction of sp³-hybridized carbons (Fsp3) is 0.615. The third-order valence-corrected chi connectivity index (χ3v) is 3.79. The van der Waals surface area contributed by atoms with E-state index < -0.39 is 6.10 Å². The predicted molar refractivity (Wildman–Crippen MR) is 76.1 cm³/mol. The van der Waals surface area contributed by atoms with E-state index in [4.69, 9.17) is 4.74 Å². The van der Waals surface area contributed by atoms with E-state index in [9.17, 15) is 9.90 Å². The summed E-state index contributed by atoms with van der Waals surface area (Å²) in [4.78, 5) is 14.9. The Labute approximate surface area is 118 Å². The number of likely N-dealkylation sites (N-methyl/N-ethyl adjacent to an activating group) is 1. The van der Waals surface area contributed by atoms with Gasteiger partial charge in [-0.05, 0) is 25.4 Å². The molecule has 0 bridgehead atoms. The average molecular weight is 286 g/mol. The van der Waals surface area contributed by atoms with Crippen LogP contribution in [-0.2, 0) is 16.1 Å². The van der Waals surface area contributed by atoms with Gasteiger partial charge in [-0.2, -0.15) is 0 Å². The summed E-state index contributed by atoms with van der Waals surface area (Å²) in [5.41, 5.74) is 0. The Morgan fingerprint density at radius 3 is 2.95 bits per heavy atom. The Hall–Kier alpha value is -0.950. The van der Waals surface area contributed by atoms with E-state index in [-0.39, 0.29) is 18.6 Å². The molecule has 0 aromatic carbocycles. The molecule has 0 saturated heterocycles. The van der Waals surface area contributed by atoms with Crippen molar-refractivity contribution in [3.8, 4) is 0 Å². The summed E-state index contributed by atoms with van der Waals surface area (Å²) in [7, 11) is 3.36. The van der Waals surface area contributed by atoms with Crippen molar-refractivity contribution in [1.29, 1.82) is 0 Å². The fourth-order valence-electron chi connectivity index (χ4n) is 1.67. The van der Waals surface area contributed by atoms with Gasteiger partial charge in [-0.1, -0.05) is 6.07 Å². The molecule has 5 nitrogen and oxygen atoms in total. The fourth-order valence-corrected chi connectivity index (χ4v) is 2.32. The van der Waals surface area contributed by atoms with E-state index in [1.54, 1.807) is 18.4 Å². The van der Waals surface area contributed by atoms with Crippen LogP contribution in [0.5, 0.6) is 0 Å². The van der Waals surface area contributed by atoms with E-state index in [0.717, 1.165) is 4.88 Å². The minimum Gasteiger partial charge on any atom is -0.389 e. The van der Waals surface area contributed by atoms with Gasteiger partial charge >= 0.3 is 0 Å². The van der Waals surface area contributed by atoms with Gasteiger partial charge in [0.2, 0.25) is 5.91 Å². The van der Waals surface area contributed by atoms with Crippen molar-refractivity contribution in [3.05, 3.63) is 22.4 Å². The van der Waals surface area contributed by atoms with Gasteiger partial charge in [0.1, 0.15) is 0 Å². The second-order valence-electron chi connectivity index (χ2n) is 4.52. The van der Waals surface area contributed by atoms with Crippen LogP contribution < -0.4 is 5.32 Å². The zero-order chi connectivity index (χ0) is 14.3. The van der Waals surface area contributed by atoms with Gasteiger partial charge in [0, 0.05) is 18.5 Å². The molecule has 2 atom stereocenters. The van der Waals surface area contributed by atoms with Crippen LogP contribution in [0, 0.1) is 0 Å². The number of aliphatic hydroxyl groups is 1. The summed E-state index contributed by atoms with van der Waals surface area (Å²) in [5.74, 6) is -0.0412. The number of methoxy groups -OCH3 is 1. The van der Waals surface area contributed by atoms with Crippen LogP contribution in [0.25, 0.3) is 0 Å². The maximum Gasteiger partial charge on any atom is 0.237 e. The van der Waals surface area contributed by atoms with Crippen LogP contribution in [0.2, 0.25) is 0 Å². The molecule has 1 aromatic heterocycles. The van der Waals surface area contributed by atoms with Crippen LogP contribution in [-0.4, -0.2) is 55.4 Å². The highest BCUT2D eigenvalue weighted by atomic mass is 32.1. The summed E-state index contributed by atoms with van der Waals surface area (Å²) >= 11 is 1.62. The number of thiophene rings is 1. The first-order valence-electron chi connectivity index (χ1n) is 6.22. The lowest BCUT2D eigenvalue weighted by molar-refractivity contribution is -0.126. The lowest BCUT2D eigenvalue weighted by Crippen LogP contribution is -2.46. The number of ether oxygens (including phenoxy) is 1. The van der Waals surface area contributed by atoms with Gasteiger partial charge in [-0.25, -0.2) is 0 Å². The molecule has 1 amide bonds. The minimum atomic E-state index is -0.581. The van der Waals surface area contributed by atoms with Crippen molar-refractivity contribution < 1.29 is 14.6 Å². The van der Waals surface area contributed by atoms with Gasteiger partial charge in [0.25, 0.3) is 0 Å². The normalized spacial score (nSPS) is 14.4. The number of carbonyl (C=O) groups excluding carboxylic acids is 1. The van der Waals surface area contributed by atoms with Gasteiger partial charge < -0.3 is 15.2 Å². The summed E-state index contributed by atoms with van der Waals surface area (Å²) in [6.07, 6.45) is -0.581. The third kappa shape index (κ3) is 5.69. The molecule has 1 aromatic rings. The quantitative estimate of drug-likeness (QED) is 0.738. The highest BCUT2D eigenvalue weighted by Crippen LogP contribution is 2.08. The number of aliphatic hydroxyl groups excluding tert-OH is 1. The Balaban J connectivity index is 2.34. The molecular weight excluding hydrogens is 264 g/mol. The average Bonchev–Trinajstić information content (AvgIpc) is 2.88. The number of nitrogens with one attached hydrogen (secondary N) is 1. The first-order chi connectivity index (χ1) is 9.04. The van der Waals surface area contributed by atoms with E-state index in [1.165, 1.54) is 0 Å². The third-order valence-electron chi connectivity index (χ3n) is 2.92. The summed E-state index contributed by atoms with van der Waals surface area (Å²) in [6, 6.07) is 3.66. The highest BCUT2D eigenvalue weighted by molar-refractivity contribution is 7.09. The standard InChI is InChI=1S/C13H22N2O3S/c1-10(15(2)8-11(16)9-18-3)13(17)14-7-12-5-4-6-19-12/h4-6,10-11,16H,7-9H2,1-3H3,(H,14,17). The monoisotopic (exact) mass is 286 g/mol. The summed E-state index contributed by atoms with van der Waals surface area (Å²) < 4.78 is 4.87. The number of hydrogen-bond acceptors (Lipinski definition) is 5. The molecule has 0 spiro atoms. The first kappa shape index (κ1) is 16.1. The molecular formula is C13H22N2O3S. The molecule has 0 aliphatic rings. The molecule has 0 saturated carbocycles. The van der Waals surface area contributed by atoms with Crippen molar-refractivity contribution in [2.24, 2.45) is 0 Å². The van der Waals surface area contributed by atoms with Crippen molar-refractivity contribution >= 4 is 17.2 Å². The Morgan fingerprint density at radius 1 is 1.63 bits per heavy atom. The lowest BCUT2D eigenvalue weighted by atomic mass is 10.2. The molecule has 2 unspecified atom stereocenters. The SMILES string of the molecule is COCC(O)CN(C)C(C)C(=O)NCc1cccs1.